The number of benzene rings is 1. The van der Waals surface area contributed by atoms with E-state index < -0.39 is 6.10 Å². The minimum absolute atomic E-state index is 0.00528. The first-order valence-corrected chi connectivity index (χ1v) is 6.29. The molecule has 94 valence electrons. The van der Waals surface area contributed by atoms with Gasteiger partial charge in [0.25, 0.3) is 0 Å². The summed E-state index contributed by atoms with van der Waals surface area (Å²) in [5.41, 5.74) is 0.702. The van der Waals surface area contributed by atoms with Crippen molar-refractivity contribution in [2.45, 2.75) is 45.3 Å². The lowest BCUT2D eigenvalue weighted by molar-refractivity contribution is 0.0314. The zero-order chi connectivity index (χ0) is 12.4. The molecule has 1 aliphatic rings. The summed E-state index contributed by atoms with van der Waals surface area (Å²) in [7, 11) is 0. The predicted molar refractivity (Wildman–Crippen MR) is 64.5 cm³/mol. The van der Waals surface area contributed by atoms with Crippen LogP contribution in [-0.2, 0) is 0 Å². The first kappa shape index (κ1) is 12.4. The maximum absolute atomic E-state index is 13.2. The molecule has 2 unspecified atom stereocenters. The Hall–Kier alpha value is -1.09. The number of rotatable bonds is 3. The van der Waals surface area contributed by atoms with E-state index in [1.54, 1.807) is 6.07 Å². The molecular formula is C14H19FO2. The van der Waals surface area contributed by atoms with Crippen molar-refractivity contribution in [3.8, 4) is 5.75 Å². The minimum Gasteiger partial charge on any atom is -0.490 e. The van der Waals surface area contributed by atoms with Crippen molar-refractivity contribution < 1.29 is 14.2 Å². The molecule has 0 aromatic heterocycles. The van der Waals surface area contributed by atoms with Crippen LogP contribution in [0.15, 0.2) is 18.2 Å². The molecule has 2 atom stereocenters. The van der Waals surface area contributed by atoms with Gasteiger partial charge in [-0.05, 0) is 30.9 Å². The molecule has 2 rings (SSSR count). The van der Waals surface area contributed by atoms with Gasteiger partial charge in [0.05, 0.1) is 6.10 Å². The molecule has 2 nitrogen and oxygen atoms in total. The van der Waals surface area contributed by atoms with E-state index in [0.717, 1.165) is 12.8 Å². The number of ether oxygens (including phenoxy) is 1. The number of fused-ring (bicyclic) bond motifs is 1. The molecule has 1 N–H and O–H groups in total. The average Bonchev–Trinajstić information content (AvgIpc) is 2.30. The monoisotopic (exact) mass is 238 g/mol. The third-order valence-electron chi connectivity index (χ3n) is 3.64. The molecule has 0 saturated carbocycles. The van der Waals surface area contributed by atoms with Crippen molar-refractivity contribution in [2.75, 3.05) is 0 Å². The Bertz CT molecular complexity index is 388. The zero-order valence-electron chi connectivity index (χ0n) is 10.3. The molecule has 3 heteroatoms. The van der Waals surface area contributed by atoms with Crippen LogP contribution in [0.3, 0.4) is 0 Å². The molecule has 0 saturated heterocycles. The van der Waals surface area contributed by atoms with Crippen LogP contribution in [0.4, 0.5) is 4.39 Å². The highest BCUT2D eigenvalue weighted by atomic mass is 19.1. The van der Waals surface area contributed by atoms with Gasteiger partial charge < -0.3 is 9.84 Å². The van der Waals surface area contributed by atoms with Crippen LogP contribution in [0.25, 0.3) is 0 Å². The van der Waals surface area contributed by atoms with Gasteiger partial charge in [0.2, 0.25) is 0 Å². The fraction of sp³-hybridized carbons (Fsp3) is 0.571. The normalized spacial score (nSPS) is 23.4. The third kappa shape index (κ3) is 2.44. The quantitative estimate of drug-likeness (QED) is 0.874. The maximum Gasteiger partial charge on any atom is 0.128 e. The minimum atomic E-state index is -0.537. The van der Waals surface area contributed by atoms with E-state index in [1.807, 2.05) is 0 Å². The van der Waals surface area contributed by atoms with Crippen LogP contribution < -0.4 is 4.74 Å². The summed E-state index contributed by atoms with van der Waals surface area (Å²) >= 11 is 0. The van der Waals surface area contributed by atoms with Crippen LogP contribution in [0.5, 0.6) is 5.75 Å². The molecule has 0 spiro atoms. The summed E-state index contributed by atoms with van der Waals surface area (Å²) in [6.07, 6.45) is 2.08. The van der Waals surface area contributed by atoms with Crippen LogP contribution >= 0.6 is 0 Å². The molecule has 0 fully saturated rings. The third-order valence-corrected chi connectivity index (χ3v) is 3.64. The lowest BCUT2D eigenvalue weighted by Crippen LogP contribution is -2.32. The highest BCUT2D eigenvalue weighted by Crippen LogP contribution is 2.38. The second kappa shape index (κ2) is 5.05. The number of hydrogen-bond donors (Lipinski definition) is 1. The van der Waals surface area contributed by atoms with Crippen molar-refractivity contribution in [1.82, 2.24) is 0 Å². The van der Waals surface area contributed by atoms with Crippen molar-refractivity contribution in [3.63, 3.8) is 0 Å². The molecule has 0 bridgehead atoms. The van der Waals surface area contributed by atoms with Crippen molar-refractivity contribution >= 4 is 0 Å². The van der Waals surface area contributed by atoms with Gasteiger partial charge in [0.15, 0.2) is 0 Å². The van der Waals surface area contributed by atoms with E-state index in [2.05, 4.69) is 13.8 Å². The molecule has 0 radical (unpaired) electrons. The molecule has 1 aromatic rings. The van der Waals surface area contributed by atoms with Crippen molar-refractivity contribution in [2.24, 2.45) is 5.92 Å². The molecule has 1 aromatic carbocycles. The van der Waals surface area contributed by atoms with Gasteiger partial charge >= 0.3 is 0 Å². The summed E-state index contributed by atoms with van der Waals surface area (Å²) in [6, 6.07) is 4.34. The van der Waals surface area contributed by atoms with Gasteiger partial charge in [-0.3, -0.25) is 0 Å². The lowest BCUT2D eigenvalue weighted by atomic mass is 9.88. The van der Waals surface area contributed by atoms with Gasteiger partial charge in [-0.2, -0.15) is 0 Å². The van der Waals surface area contributed by atoms with Crippen LogP contribution in [0.1, 0.15) is 44.8 Å². The van der Waals surface area contributed by atoms with E-state index in [0.29, 0.717) is 23.7 Å². The summed E-state index contributed by atoms with van der Waals surface area (Å²) in [5.74, 6) is 0.600. The van der Waals surface area contributed by atoms with Gasteiger partial charge in [0.1, 0.15) is 17.7 Å². The van der Waals surface area contributed by atoms with E-state index in [4.69, 9.17) is 4.74 Å². The number of aliphatic hydroxyl groups excluding tert-OH is 1. The molecule has 17 heavy (non-hydrogen) atoms. The van der Waals surface area contributed by atoms with Gasteiger partial charge in [-0.15, -0.1) is 0 Å². The molecule has 0 aliphatic carbocycles. The highest BCUT2D eigenvalue weighted by molar-refractivity contribution is 5.37. The van der Waals surface area contributed by atoms with Gasteiger partial charge in [-0.1, -0.05) is 13.8 Å². The second-order valence-electron chi connectivity index (χ2n) is 4.67. The van der Waals surface area contributed by atoms with Crippen LogP contribution in [0, 0.1) is 11.7 Å². The van der Waals surface area contributed by atoms with E-state index >= 15 is 0 Å². The van der Waals surface area contributed by atoms with E-state index in [1.165, 1.54) is 12.1 Å². The number of halogens is 1. The van der Waals surface area contributed by atoms with Gasteiger partial charge in [0, 0.05) is 18.1 Å². The number of hydrogen-bond acceptors (Lipinski definition) is 2. The summed E-state index contributed by atoms with van der Waals surface area (Å²) in [4.78, 5) is 0. The Labute approximate surface area is 101 Å². The fourth-order valence-corrected chi connectivity index (χ4v) is 2.55. The zero-order valence-corrected chi connectivity index (χ0v) is 10.3. The topological polar surface area (TPSA) is 29.5 Å². The Morgan fingerprint density at radius 1 is 1.41 bits per heavy atom. The summed E-state index contributed by atoms with van der Waals surface area (Å²) < 4.78 is 19.0. The standard InChI is InChI=1S/C14H19FO2/c1-3-9(4-2)13-8-12(16)11-6-5-10(15)7-14(11)17-13/h5-7,9,12-13,16H,3-4,8H2,1-2H3. The highest BCUT2D eigenvalue weighted by Gasteiger charge is 2.31. The maximum atomic E-state index is 13.2. The molecule has 1 heterocycles. The fourth-order valence-electron chi connectivity index (χ4n) is 2.55. The molecule has 0 amide bonds. The first-order chi connectivity index (χ1) is 8.15. The van der Waals surface area contributed by atoms with Gasteiger partial charge in [-0.25, -0.2) is 4.39 Å². The summed E-state index contributed by atoms with van der Waals surface area (Å²) in [5, 5.41) is 10.1. The smallest absolute Gasteiger partial charge is 0.128 e. The Kier molecular flexibility index (Phi) is 3.67. The van der Waals surface area contributed by atoms with E-state index in [-0.39, 0.29) is 11.9 Å². The first-order valence-electron chi connectivity index (χ1n) is 6.29. The summed E-state index contributed by atoms with van der Waals surface area (Å²) in [6.45, 7) is 4.23. The Morgan fingerprint density at radius 2 is 2.12 bits per heavy atom. The average molecular weight is 238 g/mol. The van der Waals surface area contributed by atoms with E-state index in [9.17, 15) is 9.50 Å². The van der Waals surface area contributed by atoms with Crippen LogP contribution in [-0.4, -0.2) is 11.2 Å². The number of aliphatic hydroxyl groups is 1. The SMILES string of the molecule is CCC(CC)C1CC(O)c2ccc(F)cc2O1. The Morgan fingerprint density at radius 3 is 2.76 bits per heavy atom. The largest absolute Gasteiger partial charge is 0.490 e. The van der Waals surface area contributed by atoms with Crippen molar-refractivity contribution in [3.05, 3.63) is 29.6 Å². The Balaban J connectivity index is 2.25. The second-order valence-corrected chi connectivity index (χ2v) is 4.67. The van der Waals surface area contributed by atoms with Crippen LogP contribution in [0.2, 0.25) is 0 Å². The predicted octanol–water partition coefficient (Wildman–Crippen LogP) is 3.45. The molecular weight excluding hydrogens is 219 g/mol. The lowest BCUT2D eigenvalue weighted by Gasteiger charge is -2.34. The van der Waals surface area contributed by atoms with Crippen molar-refractivity contribution in [1.29, 1.82) is 0 Å². The molecule has 1 aliphatic heterocycles.